The van der Waals surface area contributed by atoms with Crippen molar-refractivity contribution in [2.24, 2.45) is 0 Å². The highest BCUT2D eigenvalue weighted by molar-refractivity contribution is 7.10. The van der Waals surface area contributed by atoms with Crippen LogP contribution in [0.25, 0.3) is 22.4 Å². The van der Waals surface area contributed by atoms with E-state index in [9.17, 15) is 4.79 Å². The zero-order chi connectivity index (χ0) is 24.4. The lowest BCUT2D eigenvalue weighted by atomic mass is 9.99. The summed E-state index contributed by atoms with van der Waals surface area (Å²) in [6.07, 6.45) is 0.670. The van der Waals surface area contributed by atoms with E-state index < -0.39 is 0 Å². The van der Waals surface area contributed by atoms with Crippen LogP contribution in [0.2, 0.25) is 0 Å². The molecule has 3 aromatic rings. The molecule has 5 rings (SSSR count). The fraction of sp³-hybridized carbons (Fsp3) is 0.133. The number of rotatable bonds is 7. The van der Waals surface area contributed by atoms with Gasteiger partial charge in [-0.1, -0.05) is 30.3 Å². The van der Waals surface area contributed by atoms with Crippen LogP contribution in [0.5, 0.6) is 11.5 Å². The molecule has 2 aromatic carbocycles. The van der Waals surface area contributed by atoms with Crippen LogP contribution in [0.15, 0.2) is 84.2 Å². The predicted octanol–water partition coefficient (Wildman–Crippen LogP) is 7.06. The molecule has 2 aliphatic rings. The second-order valence-electron chi connectivity index (χ2n) is 8.31. The SMILES string of the molecule is COc1ccc(C(=O)c2c3cccccc-3c(Cc3nc(-c4ccc(OC)cc4)cs3)c2C)cc1. The maximum atomic E-state index is 13.6. The Kier molecular flexibility index (Phi) is 6.34. The van der Waals surface area contributed by atoms with Crippen molar-refractivity contribution in [2.75, 3.05) is 14.2 Å². The van der Waals surface area contributed by atoms with E-state index in [1.54, 1.807) is 25.6 Å². The average Bonchev–Trinajstić information content (AvgIpc) is 3.37. The summed E-state index contributed by atoms with van der Waals surface area (Å²) in [6, 6.07) is 25.4. The van der Waals surface area contributed by atoms with Gasteiger partial charge in [0, 0.05) is 28.5 Å². The standard InChI is InChI=1S/C30H25NO3S/c1-19-26(17-28-31-27(18-35-28)20-9-13-22(33-2)14-10-20)24-7-5-4-6-8-25(24)29(19)30(32)21-11-15-23(34-3)16-12-21/h4-16,18H,17H2,1-3H3. The second-order valence-corrected chi connectivity index (χ2v) is 9.25. The first-order valence-electron chi connectivity index (χ1n) is 11.4. The van der Waals surface area contributed by atoms with E-state index in [1.807, 2.05) is 79.7 Å². The van der Waals surface area contributed by atoms with Crippen LogP contribution < -0.4 is 9.47 Å². The Morgan fingerprint density at radius 1 is 0.829 bits per heavy atom. The highest BCUT2D eigenvalue weighted by Gasteiger charge is 2.26. The van der Waals surface area contributed by atoms with Gasteiger partial charge in [0.2, 0.25) is 0 Å². The quantitative estimate of drug-likeness (QED) is 0.234. The van der Waals surface area contributed by atoms with Crippen LogP contribution in [0, 0.1) is 6.92 Å². The number of thiazole rings is 1. The number of hydrogen-bond acceptors (Lipinski definition) is 5. The van der Waals surface area contributed by atoms with Crippen LogP contribution in [0.3, 0.4) is 0 Å². The lowest BCUT2D eigenvalue weighted by molar-refractivity contribution is 0.103. The van der Waals surface area contributed by atoms with Gasteiger partial charge >= 0.3 is 0 Å². The number of carbonyl (C=O) groups is 1. The summed E-state index contributed by atoms with van der Waals surface area (Å²) in [5, 5.41) is 3.10. The van der Waals surface area contributed by atoms with Crippen molar-refractivity contribution in [1.29, 1.82) is 0 Å². The van der Waals surface area contributed by atoms with Crippen LogP contribution in [0.4, 0.5) is 0 Å². The third kappa shape index (κ3) is 4.43. The molecular weight excluding hydrogens is 454 g/mol. The maximum Gasteiger partial charge on any atom is 0.193 e. The number of hydrogen-bond donors (Lipinski definition) is 0. The Labute approximate surface area is 209 Å². The maximum absolute atomic E-state index is 13.6. The van der Waals surface area contributed by atoms with Crippen molar-refractivity contribution < 1.29 is 14.3 Å². The molecule has 174 valence electrons. The Bertz CT molecular complexity index is 1450. The molecule has 1 heterocycles. The molecule has 4 nitrogen and oxygen atoms in total. The van der Waals surface area contributed by atoms with Crippen molar-refractivity contribution in [3.8, 4) is 33.9 Å². The molecule has 35 heavy (non-hydrogen) atoms. The molecule has 2 aliphatic carbocycles. The van der Waals surface area contributed by atoms with Crippen molar-refractivity contribution in [1.82, 2.24) is 4.98 Å². The van der Waals surface area contributed by atoms with Gasteiger partial charge in [0.05, 0.1) is 24.9 Å². The van der Waals surface area contributed by atoms with Gasteiger partial charge < -0.3 is 9.47 Å². The van der Waals surface area contributed by atoms with Gasteiger partial charge in [0.25, 0.3) is 0 Å². The first kappa shape index (κ1) is 22.8. The Hall–Kier alpha value is -3.96. The number of fused-ring (bicyclic) bond motifs is 1. The van der Waals surface area contributed by atoms with Crippen LogP contribution in [0.1, 0.15) is 32.1 Å². The smallest absolute Gasteiger partial charge is 0.193 e. The molecule has 0 fully saturated rings. The summed E-state index contributed by atoms with van der Waals surface area (Å²) in [7, 11) is 3.28. The molecule has 0 aliphatic heterocycles. The van der Waals surface area contributed by atoms with Crippen molar-refractivity contribution in [3.05, 3.63) is 112 Å². The van der Waals surface area contributed by atoms with E-state index in [0.29, 0.717) is 12.0 Å². The summed E-state index contributed by atoms with van der Waals surface area (Å²) < 4.78 is 10.5. The third-order valence-electron chi connectivity index (χ3n) is 6.31. The van der Waals surface area contributed by atoms with E-state index in [-0.39, 0.29) is 5.78 Å². The van der Waals surface area contributed by atoms with Crippen molar-refractivity contribution in [3.63, 3.8) is 0 Å². The minimum Gasteiger partial charge on any atom is -0.497 e. The lowest BCUT2D eigenvalue weighted by Gasteiger charge is -2.05. The number of nitrogens with zero attached hydrogens (tertiary/aromatic N) is 1. The summed E-state index contributed by atoms with van der Waals surface area (Å²) in [4.78, 5) is 18.5. The van der Waals surface area contributed by atoms with Gasteiger partial charge in [0.15, 0.2) is 5.78 Å². The first-order valence-corrected chi connectivity index (χ1v) is 12.2. The zero-order valence-corrected chi connectivity index (χ0v) is 20.7. The first-order chi connectivity index (χ1) is 17.1. The lowest BCUT2D eigenvalue weighted by Crippen LogP contribution is -2.03. The van der Waals surface area contributed by atoms with E-state index in [0.717, 1.165) is 55.6 Å². The van der Waals surface area contributed by atoms with Gasteiger partial charge in [0.1, 0.15) is 11.5 Å². The number of ether oxygens (including phenoxy) is 2. The fourth-order valence-corrected chi connectivity index (χ4v) is 5.24. The Morgan fingerprint density at radius 3 is 2.11 bits per heavy atom. The minimum absolute atomic E-state index is 0.0191. The monoisotopic (exact) mass is 479 g/mol. The van der Waals surface area contributed by atoms with E-state index in [2.05, 4.69) is 11.4 Å². The molecule has 0 bridgehead atoms. The van der Waals surface area contributed by atoms with Crippen LogP contribution >= 0.6 is 11.3 Å². The van der Waals surface area contributed by atoms with Gasteiger partial charge in [-0.25, -0.2) is 4.98 Å². The molecule has 0 saturated heterocycles. The largest absolute Gasteiger partial charge is 0.497 e. The molecule has 0 unspecified atom stereocenters. The summed E-state index contributed by atoms with van der Waals surface area (Å²) >= 11 is 1.64. The summed E-state index contributed by atoms with van der Waals surface area (Å²) in [5.74, 6) is 1.57. The summed E-state index contributed by atoms with van der Waals surface area (Å²) in [5.41, 5.74) is 7.61. The number of aromatic nitrogens is 1. The molecule has 0 saturated carbocycles. The fourth-order valence-electron chi connectivity index (χ4n) is 4.43. The van der Waals surface area contributed by atoms with Gasteiger partial charge in [-0.05, 0) is 77.7 Å². The van der Waals surface area contributed by atoms with Gasteiger partial charge in [-0.15, -0.1) is 11.3 Å². The average molecular weight is 480 g/mol. The normalized spacial score (nSPS) is 10.9. The van der Waals surface area contributed by atoms with Gasteiger partial charge in [-0.3, -0.25) is 4.79 Å². The number of methoxy groups -OCH3 is 2. The minimum atomic E-state index is 0.0191. The van der Waals surface area contributed by atoms with Crippen molar-refractivity contribution in [2.45, 2.75) is 13.3 Å². The number of benzene rings is 2. The second kappa shape index (κ2) is 9.72. The van der Waals surface area contributed by atoms with Crippen molar-refractivity contribution >= 4 is 17.1 Å². The zero-order valence-electron chi connectivity index (χ0n) is 19.9. The molecule has 0 radical (unpaired) electrons. The predicted molar refractivity (Wildman–Crippen MR) is 141 cm³/mol. The Balaban J connectivity index is 1.52. The molecule has 0 amide bonds. The van der Waals surface area contributed by atoms with Crippen LogP contribution in [-0.2, 0) is 6.42 Å². The Morgan fingerprint density at radius 2 is 1.46 bits per heavy atom. The number of carbonyl (C=O) groups excluding carboxylic acids is 1. The topological polar surface area (TPSA) is 48.4 Å². The highest BCUT2D eigenvalue weighted by Crippen LogP contribution is 2.39. The molecule has 0 spiro atoms. The summed E-state index contributed by atoms with van der Waals surface area (Å²) in [6.45, 7) is 2.05. The van der Waals surface area contributed by atoms with Gasteiger partial charge in [-0.2, -0.15) is 0 Å². The molecule has 0 N–H and O–H groups in total. The van der Waals surface area contributed by atoms with E-state index in [1.165, 1.54) is 0 Å². The van der Waals surface area contributed by atoms with E-state index >= 15 is 0 Å². The molecule has 1 aromatic heterocycles. The highest BCUT2D eigenvalue weighted by atomic mass is 32.1. The van der Waals surface area contributed by atoms with E-state index in [4.69, 9.17) is 14.5 Å². The molecule has 5 heteroatoms. The number of ketones is 1. The third-order valence-corrected chi connectivity index (χ3v) is 7.15. The molecule has 0 atom stereocenters. The van der Waals surface area contributed by atoms with Crippen LogP contribution in [-0.4, -0.2) is 25.0 Å². The molecular formula is C30H25NO3S.